The lowest BCUT2D eigenvalue weighted by atomic mass is 10.1. The van der Waals surface area contributed by atoms with Crippen LogP contribution < -0.4 is 0 Å². The second kappa shape index (κ2) is 3.96. The van der Waals surface area contributed by atoms with E-state index in [4.69, 9.17) is 10.2 Å². The Morgan fingerprint density at radius 2 is 2.00 bits per heavy atom. The molecule has 0 atom stereocenters. The molecule has 0 radical (unpaired) electrons. The normalized spacial score (nSPS) is 10.4. The molecule has 0 saturated carbocycles. The Balaban J connectivity index is 3.39. The minimum atomic E-state index is -2.01. The minimum Gasteiger partial charge on any atom is -0.480 e. The molecule has 9 nitrogen and oxygen atoms in total. The first-order chi connectivity index (χ1) is 7.36. The number of rotatable bonds is 4. The second-order valence-corrected chi connectivity index (χ2v) is 2.91. The van der Waals surface area contributed by atoms with E-state index in [-0.39, 0.29) is 0 Å². The summed E-state index contributed by atoms with van der Waals surface area (Å²) < 4.78 is 0.866. The molecule has 86 valence electrons. The summed E-state index contributed by atoms with van der Waals surface area (Å²) in [6.45, 7) is 0. The lowest BCUT2D eigenvalue weighted by Gasteiger charge is -2.06. The summed E-state index contributed by atoms with van der Waals surface area (Å²) in [5.41, 5.74) is -1.10. The van der Waals surface area contributed by atoms with Crippen LogP contribution in [0.2, 0.25) is 0 Å². The van der Waals surface area contributed by atoms with Gasteiger partial charge in [0.2, 0.25) is 5.92 Å². The highest BCUT2D eigenvalue weighted by molar-refractivity contribution is 5.99. The number of nitrogens with zero attached hydrogens (tertiary/aromatic N) is 3. The third-order valence-electron chi connectivity index (χ3n) is 1.93. The van der Waals surface area contributed by atoms with Crippen LogP contribution in [0.15, 0.2) is 6.20 Å². The summed E-state index contributed by atoms with van der Waals surface area (Å²) in [7, 11) is 1.24. The molecule has 0 aliphatic rings. The lowest BCUT2D eigenvalue weighted by molar-refractivity contribution is -0.385. The van der Waals surface area contributed by atoms with E-state index in [0.717, 1.165) is 10.9 Å². The molecule has 16 heavy (non-hydrogen) atoms. The number of nitro groups is 1. The summed E-state index contributed by atoms with van der Waals surface area (Å²) >= 11 is 0. The van der Waals surface area contributed by atoms with Gasteiger partial charge < -0.3 is 10.2 Å². The van der Waals surface area contributed by atoms with Crippen LogP contribution in [0.25, 0.3) is 0 Å². The van der Waals surface area contributed by atoms with Gasteiger partial charge in [0, 0.05) is 7.05 Å². The van der Waals surface area contributed by atoms with Gasteiger partial charge >= 0.3 is 17.6 Å². The van der Waals surface area contributed by atoms with Crippen LogP contribution in [0.5, 0.6) is 0 Å². The quantitative estimate of drug-likeness (QED) is 0.406. The molecule has 1 aromatic rings. The monoisotopic (exact) mass is 229 g/mol. The van der Waals surface area contributed by atoms with Crippen LogP contribution in [0, 0.1) is 10.1 Å². The van der Waals surface area contributed by atoms with Crippen LogP contribution in [-0.4, -0.2) is 36.9 Å². The molecule has 0 saturated heterocycles. The van der Waals surface area contributed by atoms with E-state index >= 15 is 0 Å². The van der Waals surface area contributed by atoms with Gasteiger partial charge in [-0.15, -0.1) is 0 Å². The van der Waals surface area contributed by atoms with E-state index in [1.807, 2.05) is 0 Å². The second-order valence-electron chi connectivity index (χ2n) is 2.91. The van der Waals surface area contributed by atoms with E-state index in [1.165, 1.54) is 7.05 Å². The number of carboxylic acids is 2. The minimum absolute atomic E-state index is 0.468. The molecule has 1 rings (SSSR count). The first-order valence-corrected chi connectivity index (χ1v) is 3.98. The van der Waals surface area contributed by atoms with Crippen LogP contribution in [-0.2, 0) is 16.6 Å². The number of aliphatic carboxylic acids is 2. The van der Waals surface area contributed by atoms with Gasteiger partial charge in [-0.3, -0.25) is 24.4 Å². The number of hydrogen-bond donors (Lipinski definition) is 2. The lowest BCUT2D eigenvalue weighted by Crippen LogP contribution is -2.24. The molecule has 0 amide bonds. The van der Waals surface area contributed by atoms with Crippen molar-refractivity contribution in [2.75, 3.05) is 0 Å². The third-order valence-corrected chi connectivity index (χ3v) is 1.93. The van der Waals surface area contributed by atoms with Gasteiger partial charge in [-0.1, -0.05) is 0 Å². The molecular formula is C7H7N3O6. The fourth-order valence-electron chi connectivity index (χ4n) is 1.25. The highest BCUT2D eigenvalue weighted by atomic mass is 16.6. The smallest absolute Gasteiger partial charge is 0.324 e. The molecular weight excluding hydrogens is 222 g/mol. The Morgan fingerprint density at radius 3 is 2.38 bits per heavy atom. The summed E-state index contributed by atoms with van der Waals surface area (Å²) in [6, 6.07) is 0. The van der Waals surface area contributed by atoms with Gasteiger partial charge in [-0.05, 0) is 0 Å². The zero-order valence-corrected chi connectivity index (χ0v) is 8.02. The maximum atomic E-state index is 10.7. The number of carbonyl (C=O) groups is 2. The summed E-state index contributed by atoms with van der Waals surface area (Å²) in [5.74, 6) is -5.37. The van der Waals surface area contributed by atoms with Gasteiger partial charge in [0.1, 0.15) is 11.9 Å². The predicted octanol–water partition coefficient (Wildman–Crippen LogP) is -0.419. The van der Waals surface area contributed by atoms with Crippen LogP contribution >= 0.6 is 0 Å². The van der Waals surface area contributed by atoms with E-state index in [0.29, 0.717) is 0 Å². The topological polar surface area (TPSA) is 136 Å². The summed E-state index contributed by atoms with van der Waals surface area (Å²) in [5, 5.41) is 31.4. The van der Waals surface area contributed by atoms with E-state index in [1.54, 1.807) is 0 Å². The Morgan fingerprint density at radius 1 is 1.50 bits per heavy atom. The maximum Gasteiger partial charge on any atom is 0.324 e. The van der Waals surface area contributed by atoms with E-state index in [9.17, 15) is 19.7 Å². The first-order valence-electron chi connectivity index (χ1n) is 3.98. The van der Waals surface area contributed by atoms with Crippen molar-refractivity contribution in [1.29, 1.82) is 0 Å². The molecule has 9 heteroatoms. The molecule has 0 aliphatic heterocycles. The van der Waals surface area contributed by atoms with Gasteiger partial charge in [0.25, 0.3) is 0 Å². The van der Waals surface area contributed by atoms with E-state index < -0.39 is 34.2 Å². The number of carboxylic acid groups (broad SMARTS) is 2. The Bertz CT molecular complexity index is 451. The van der Waals surface area contributed by atoms with Crippen molar-refractivity contribution >= 4 is 17.6 Å². The highest BCUT2D eigenvalue weighted by Crippen LogP contribution is 2.26. The fraction of sp³-hybridized carbons (Fsp3) is 0.286. The summed E-state index contributed by atoms with van der Waals surface area (Å²) in [6.07, 6.45) is 0.814. The largest absolute Gasteiger partial charge is 0.480 e. The Labute approximate surface area is 88.1 Å². The molecule has 0 bridgehead atoms. The zero-order valence-electron chi connectivity index (χ0n) is 8.02. The molecule has 0 fully saturated rings. The molecule has 0 unspecified atom stereocenters. The molecule has 0 aromatic carbocycles. The standard InChI is InChI=1S/C7H7N3O6/c1-9-5(3(2-8-9)10(15)16)4(6(11)12)7(13)14/h2,4H,1H3,(H,11,12)(H,13,14). The number of aryl methyl sites for hydroxylation is 1. The predicted molar refractivity (Wildman–Crippen MR) is 47.9 cm³/mol. The fourth-order valence-corrected chi connectivity index (χ4v) is 1.25. The average Bonchev–Trinajstić information content (AvgIpc) is 2.47. The average molecular weight is 229 g/mol. The van der Waals surface area contributed by atoms with Crippen molar-refractivity contribution in [2.45, 2.75) is 5.92 Å². The maximum absolute atomic E-state index is 10.7. The van der Waals surface area contributed by atoms with Crippen molar-refractivity contribution in [3.63, 3.8) is 0 Å². The Hall–Kier alpha value is -2.45. The van der Waals surface area contributed by atoms with Gasteiger partial charge in [-0.25, -0.2) is 0 Å². The number of hydrogen-bond acceptors (Lipinski definition) is 5. The van der Waals surface area contributed by atoms with Gasteiger partial charge in [-0.2, -0.15) is 5.10 Å². The molecule has 1 heterocycles. The first kappa shape index (κ1) is 11.6. The molecule has 0 spiro atoms. The van der Waals surface area contributed by atoms with Crippen molar-refractivity contribution in [3.8, 4) is 0 Å². The molecule has 1 aromatic heterocycles. The van der Waals surface area contributed by atoms with Crippen molar-refractivity contribution in [1.82, 2.24) is 9.78 Å². The highest BCUT2D eigenvalue weighted by Gasteiger charge is 2.37. The van der Waals surface area contributed by atoms with Crippen molar-refractivity contribution in [2.24, 2.45) is 7.05 Å². The van der Waals surface area contributed by atoms with Crippen LogP contribution in [0.4, 0.5) is 5.69 Å². The third kappa shape index (κ3) is 1.82. The Kier molecular flexibility index (Phi) is 2.88. The van der Waals surface area contributed by atoms with Gasteiger partial charge in [0.15, 0.2) is 0 Å². The van der Waals surface area contributed by atoms with Crippen molar-refractivity contribution in [3.05, 3.63) is 22.0 Å². The number of aromatic nitrogens is 2. The van der Waals surface area contributed by atoms with Crippen LogP contribution in [0.3, 0.4) is 0 Å². The van der Waals surface area contributed by atoms with Crippen LogP contribution in [0.1, 0.15) is 11.6 Å². The van der Waals surface area contributed by atoms with Crippen molar-refractivity contribution < 1.29 is 24.7 Å². The van der Waals surface area contributed by atoms with E-state index in [2.05, 4.69) is 5.10 Å². The molecule has 2 N–H and O–H groups in total. The SMILES string of the molecule is Cn1ncc([N+](=O)[O-])c1C(C(=O)O)C(=O)O. The molecule has 0 aliphatic carbocycles. The summed E-state index contributed by atoms with van der Waals surface area (Å²) in [4.78, 5) is 31.1. The zero-order chi connectivity index (χ0) is 12.5. The van der Waals surface area contributed by atoms with Gasteiger partial charge in [0.05, 0.1) is 4.92 Å².